The van der Waals surface area contributed by atoms with Gasteiger partial charge in [0.1, 0.15) is 0 Å². The second kappa shape index (κ2) is 5.28. The molecule has 1 aromatic rings. The van der Waals surface area contributed by atoms with Crippen LogP contribution in [0.4, 0.5) is 0 Å². The molecule has 0 saturated heterocycles. The van der Waals surface area contributed by atoms with Gasteiger partial charge in [-0.1, -0.05) is 37.0 Å². The summed E-state index contributed by atoms with van der Waals surface area (Å²) in [4.78, 5) is 11.4. The second-order valence-corrected chi connectivity index (χ2v) is 5.63. The topological polar surface area (TPSA) is 37.3 Å². The molecule has 1 aromatic carbocycles. The van der Waals surface area contributed by atoms with Gasteiger partial charge in [-0.15, -0.1) is 0 Å². The zero-order chi connectivity index (χ0) is 13.2. The Bertz CT molecular complexity index is 429. The number of halogens is 2. The van der Waals surface area contributed by atoms with Gasteiger partial charge < -0.3 is 5.11 Å². The summed E-state index contributed by atoms with van der Waals surface area (Å²) in [6.45, 7) is 5.52. The quantitative estimate of drug-likeness (QED) is 0.890. The number of carbonyl (C=O) groups is 1. The third kappa shape index (κ3) is 3.14. The first-order valence-electron chi connectivity index (χ1n) is 5.44. The van der Waals surface area contributed by atoms with E-state index >= 15 is 0 Å². The average molecular weight is 275 g/mol. The standard InChI is InChI=1S/C13H16Cl2O2/c1-8(2)13(3,12(16)17)7-9-6-10(14)4-5-11(9)15/h4-6,8H,7H2,1-3H3,(H,16,17). The highest BCUT2D eigenvalue weighted by Gasteiger charge is 2.37. The van der Waals surface area contributed by atoms with Crippen molar-refractivity contribution in [2.45, 2.75) is 27.2 Å². The molecule has 2 nitrogen and oxygen atoms in total. The third-order valence-corrected chi connectivity index (χ3v) is 3.93. The lowest BCUT2D eigenvalue weighted by atomic mass is 9.74. The Labute approximate surface area is 112 Å². The molecular weight excluding hydrogens is 259 g/mol. The molecule has 0 spiro atoms. The molecule has 17 heavy (non-hydrogen) atoms. The van der Waals surface area contributed by atoms with E-state index in [1.807, 2.05) is 13.8 Å². The highest BCUT2D eigenvalue weighted by Crippen LogP contribution is 2.34. The number of carboxylic acids is 1. The van der Waals surface area contributed by atoms with Gasteiger partial charge in [-0.3, -0.25) is 4.79 Å². The maximum atomic E-state index is 11.4. The summed E-state index contributed by atoms with van der Waals surface area (Å²) in [7, 11) is 0. The maximum absolute atomic E-state index is 11.4. The summed E-state index contributed by atoms with van der Waals surface area (Å²) in [5, 5.41) is 10.5. The predicted molar refractivity (Wildman–Crippen MR) is 70.7 cm³/mol. The number of hydrogen-bond donors (Lipinski definition) is 1. The van der Waals surface area contributed by atoms with Gasteiger partial charge in [-0.25, -0.2) is 0 Å². The molecule has 0 saturated carbocycles. The minimum Gasteiger partial charge on any atom is -0.481 e. The molecule has 0 amide bonds. The van der Waals surface area contributed by atoms with E-state index in [9.17, 15) is 9.90 Å². The third-order valence-electron chi connectivity index (χ3n) is 3.33. The van der Waals surface area contributed by atoms with Crippen molar-refractivity contribution >= 4 is 29.2 Å². The first-order valence-corrected chi connectivity index (χ1v) is 6.20. The lowest BCUT2D eigenvalue weighted by Crippen LogP contribution is -2.35. The first-order chi connectivity index (χ1) is 7.77. The summed E-state index contributed by atoms with van der Waals surface area (Å²) in [5.41, 5.74) is -0.0633. The molecule has 94 valence electrons. The number of hydrogen-bond acceptors (Lipinski definition) is 1. The molecule has 0 aliphatic carbocycles. The summed E-state index contributed by atoms with van der Waals surface area (Å²) < 4.78 is 0. The minimum absolute atomic E-state index is 0.00930. The molecule has 0 bridgehead atoms. The van der Waals surface area contributed by atoms with Crippen molar-refractivity contribution in [1.82, 2.24) is 0 Å². The normalized spacial score (nSPS) is 14.7. The van der Waals surface area contributed by atoms with Crippen LogP contribution in [0.3, 0.4) is 0 Å². The molecule has 1 rings (SSSR count). The van der Waals surface area contributed by atoms with Crippen LogP contribution in [0.15, 0.2) is 18.2 Å². The van der Waals surface area contributed by atoms with Crippen LogP contribution in [0.1, 0.15) is 26.3 Å². The first kappa shape index (κ1) is 14.3. The summed E-state index contributed by atoms with van der Waals surface area (Å²) in [6, 6.07) is 5.12. The molecule has 0 radical (unpaired) electrons. The molecule has 0 aliphatic heterocycles. The van der Waals surface area contributed by atoms with E-state index in [-0.39, 0.29) is 5.92 Å². The van der Waals surface area contributed by atoms with Gasteiger partial charge in [0.2, 0.25) is 0 Å². The molecule has 1 unspecified atom stereocenters. The molecule has 0 aliphatic rings. The number of benzene rings is 1. The van der Waals surface area contributed by atoms with Crippen LogP contribution in [-0.2, 0) is 11.2 Å². The van der Waals surface area contributed by atoms with Crippen LogP contribution in [0.2, 0.25) is 10.0 Å². The molecule has 1 N–H and O–H groups in total. The van der Waals surface area contributed by atoms with Crippen molar-refractivity contribution in [3.8, 4) is 0 Å². The Morgan fingerprint density at radius 3 is 2.47 bits per heavy atom. The van der Waals surface area contributed by atoms with Gasteiger partial charge in [-0.05, 0) is 43.0 Å². The van der Waals surface area contributed by atoms with Crippen molar-refractivity contribution < 1.29 is 9.90 Å². The molecule has 1 atom stereocenters. The Morgan fingerprint density at radius 2 is 2.00 bits per heavy atom. The smallest absolute Gasteiger partial charge is 0.309 e. The van der Waals surface area contributed by atoms with Gasteiger partial charge >= 0.3 is 5.97 Å². The largest absolute Gasteiger partial charge is 0.481 e. The van der Waals surface area contributed by atoms with Crippen LogP contribution in [0.5, 0.6) is 0 Å². The van der Waals surface area contributed by atoms with E-state index in [1.54, 1.807) is 25.1 Å². The summed E-state index contributed by atoms with van der Waals surface area (Å²) in [5.74, 6) is -0.807. The van der Waals surface area contributed by atoms with Crippen LogP contribution < -0.4 is 0 Å². The van der Waals surface area contributed by atoms with Gasteiger partial charge in [-0.2, -0.15) is 0 Å². The van der Waals surface area contributed by atoms with Crippen molar-refractivity contribution in [1.29, 1.82) is 0 Å². The van der Waals surface area contributed by atoms with Crippen LogP contribution in [-0.4, -0.2) is 11.1 Å². The SMILES string of the molecule is CC(C)C(C)(Cc1cc(Cl)ccc1Cl)C(=O)O. The molecule has 0 heterocycles. The van der Waals surface area contributed by atoms with Crippen LogP contribution >= 0.6 is 23.2 Å². The molecule has 4 heteroatoms. The number of aliphatic carboxylic acids is 1. The summed E-state index contributed by atoms with van der Waals surface area (Å²) >= 11 is 12.0. The fraction of sp³-hybridized carbons (Fsp3) is 0.462. The molecular formula is C13H16Cl2O2. The maximum Gasteiger partial charge on any atom is 0.309 e. The van der Waals surface area contributed by atoms with Crippen molar-refractivity contribution in [3.63, 3.8) is 0 Å². The number of carboxylic acid groups (broad SMARTS) is 1. The lowest BCUT2D eigenvalue weighted by Gasteiger charge is -2.29. The fourth-order valence-corrected chi connectivity index (χ4v) is 1.98. The van der Waals surface area contributed by atoms with Crippen molar-refractivity contribution in [2.24, 2.45) is 11.3 Å². The van der Waals surface area contributed by atoms with E-state index in [0.29, 0.717) is 16.5 Å². The van der Waals surface area contributed by atoms with E-state index in [0.717, 1.165) is 5.56 Å². The highest BCUT2D eigenvalue weighted by atomic mass is 35.5. The highest BCUT2D eigenvalue weighted by molar-refractivity contribution is 6.33. The zero-order valence-electron chi connectivity index (χ0n) is 10.1. The number of rotatable bonds is 4. The Kier molecular flexibility index (Phi) is 4.45. The molecule has 0 aromatic heterocycles. The second-order valence-electron chi connectivity index (χ2n) is 4.79. The zero-order valence-corrected chi connectivity index (χ0v) is 11.6. The van der Waals surface area contributed by atoms with Gasteiger partial charge in [0.15, 0.2) is 0 Å². The van der Waals surface area contributed by atoms with Gasteiger partial charge in [0.05, 0.1) is 5.41 Å². The lowest BCUT2D eigenvalue weighted by molar-refractivity contribution is -0.150. The minimum atomic E-state index is -0.839. The van der Waals surface area contributed by atoms with Crippen molar-refractivity contribution in [3.05, 3.63) is 33.8 Å². The van der Waals surface area contributed by atoms with E-state index in [4.69, 9.17) is 23.2 Å². The molecule has 0 fully saturated rings. The predicted octanol–water partition coefficient (Wildman–Crippen LogP) is 4.28. The fourth-order valence-electron chi connectivity index (χ4n) is 1.60. The monoisotopic (exact) mass is 274 g/mol. The van der Waals surface area contributed by atoms with Crippen molar-refractivity contribution in [2.75, 3.05) is 0 Å². The van der Waals surface area contributed by atoms with E-state index in [2.05, 4.69) is 0 Å². The Hall–Kier alpha value is -0.730. The van der Waals surface area contributed by atoms with Crippen LogP contribution in [0.25, 0.3) is 0 Å². The van der Waals surface area contributed by atoms with Gasteiger partial charge in [0, 0.05) is 10.0 Å². The Balaban J connectivity index is 3.10. The summed E-state index contributed by atoms with van der Waals surface area (Å²) in [6.07, 6.45) is 0.374. The van der Waals surface area contributed by atoms with E-state index in [1.165, 1.54) is 0 Å². The average Bonchev–Trinajstić information content (AvgIpc) is 2.22. The van der Waals surface area contributed by atoms with Crippen LogP contribution in [0, 0.1) is 11.3 Å². The van der Waals surface area contributed by atoms with Gasteiger partial charge in [0.25, 0.3) is 0 Å². The Morgan fingerprint density at radius 1 is 1.41 bits per heavy atom. The van der Waals surface area contributed by atoms with E-state index < -0.39 is 11.4 Å².